The molecule has 0 aliphatic heterocycles. The molecule has 0 atom stereocenters. The van der Waals surface area contributed by atoms with Crippen LogP contribution in [0.4, 0.5) is 17.6 Å². The Morgan fingerprint density at radius 3 is 2.50 bits per heavy atom. The van der Waals surface area contributed by atoms with Crippen LogP contribution in [0.25, 0.3) is 0 Å². The summed E-state index contributed by atoms with van der Waals surface area (Å²) in [6.45, 7) is 0.449. The maximum Gasteiger partial charge on any atom is 0.401 e. The zero-order valence-corrected chi connectivity index (χ0v) is 9.76. The molecular formula is C12H12F4N2. The van der Waals surface area contributed by atoms with Crippen LogP contribution in [0, 0.1) is 17.1 Å². The Bertz CT molecular complexity index is 448. The van der Waals surface area contributed by atoms with E-state index in [0.717, 1.165) is 4.90 Å². The van der Waals surface area contributed by atoms with E-state index < -0.39 is 18.5 Å². The van der Waals surface area contributed by atoms with E-state index in [1.54, 1.807) is 13.0 Å². The Labute approximate surface area is 102 Å². The Morgan fingerprint density at radius 1 is 1.33 bits per heavy atom. The van der Waals surface area contributed by atoms with Crippen LogP contribution in [0.3, 0.4) is 0 Å². The molecule has 1 aromatic carbocycles. The molecule has 0 bridgehead atoms. The molecule has 0 saturated heterocycles. The summed E-state index contributed by atoms with van der Waals surface area (Å²) in [5.41, 5.74) is -0.0595. The first-order valence-electron chi connectivity index (χ1n) is 5.34. The average Bonchev–Trinajstić information content (AvgIpc) is 2.29. The molecule has 0 spiro atoms. The fraction of sp³-hybridized carbons (Fsp3) is 0.417. The van der Waals surface area contributed by atoms with E-state index >= 15 is 0 Å². The van der Waals surface area contributed by atoms with E-state index in [2.05, 4.69) is 0 Å². The Kier molecular flexibility index (Phi) is 4.68. The first-order chi connectivity index (χ1) is 8.37. The van der Waals surface area contributed by atoms with Crippen molar-refractivity contribution in [2.24, 2.45) is 0 Å². The molecule has 2 nitrogen and oxygen atoms in total. The number of alkyl halides is 3. The van der Waals surface area contributed by atoms with Gasteiger partial charge in [-0.25, -0.2) is 4.39 Å². The van der Waals surface area contributed by atoms with Crippen LogP contribution >= 0.6 is 0 Å². The van der Waals surface area contributed by atoms with Crippen LogP contribution in [0.5, 0.6) is 0 Å². The minimum Gasteiger partial charge on any atom is -0.291 e. The van der Waals surface area contributed by atoms with Crippen LogP contribution in [0.1, 0.15) is 18.1 Å². The molecule has 0 heterocycles. The van der Waals surface area contributed by atoms with Gasteiger partial charge in [-0.2, -0.15) is 18.4 Å². The van der Waals surface area contributed by atoms with E-state index in [1.165, 1.54) is 18.2 Å². The number of rotatable bonds is 4. The van der Waals surface area contributed by atoms with Gasteiger partial charge in [0.25, 0.3) is 0 Å². The molecule has 1 rings (SSSR count). The molecule has 0 fully saturated rings. The van der Waals surface area contributed by atoms with Crippen molar-refractivity contribution >= 4 is 0 Å². The van der Waals surface area contributed by atoms with E-state index in [-0.39, 0.29) is 24.2 Å². The highest BCUT2D eigenvalue weighted by Crippen LogP contribution is 2.19. The maximum atomic E-state index is 13.7. The number of hydrogen-bond acceptors (Lipinski definition) is 2. The van der Waals surface area contributed by atoms with Gasteiger partial charge in [0.05, 0.1) is 12.1 Å². The van der Waals surface area contributed by atoms with Gasteiger partial charge in [-0.1, -0.05) is 19.1 Å². The zero-order valence-electron chi connectivity index (χ0n) is 9.76. The van der Waals surface area contributed by atoms with Crippen LogP contribution in [0.2, 0.25) is 0 Å². The predicted octanol–water partition coefficient (Wildman–Crippen LogP) is 3.08. The zero-order chi connectivity index (χ0) is 13.8. The van der Waals surface area contributed by atoms with Gasteiger partial charge in [0.15, 0.2) is 0 Å². The summed E-state index contributed by atoms with van der Waals surface area (Å²) in [5.74, 6) is -0.749. The molecule has 0 N–H and O–H groups in total. The van der Waals surface area contributed by atoms with Crippen LogP contribution in [0.15, 0.2) is 18.2 Å². The second-order valence-electron chi connectivity index (χ2n) is 3.81. The molecule has 0 saturated carbocycles. The first-order valence-corrected chi connectivity index (χ1v) is 5.34. The number of nitriles is 1. The summed E-state index contributed by atoms with van der Waals surface area (Å²) in [5, 5.41) is 8.64. The SMILES string of the molecule is CCN(Cc1cccc(C#N)c1F)CC(F)(F)F. The molecule has 0 amide bonds. The highest BCUT2D eigenvalue weighted by atomic mass is 19.4. The standard InChI is InChI=1S/C12H12F4N2/c1-2-18(8-12(14,15)16)7-10-5-3-4-9(6-17)11(10)13/h3-5H,2,7-8H2,1H3. The summed E-state index contributed by atoms with van der Waals surface area (Å²) in [7, 11) is 0. The molecule has 0 aliphatic carbocycles. The summed E-state index contributed by atoms with van der Waals surface area (Å²) >= 11 is 0. The van der Waals surface area contributed by atoms with Gasteiger partial charge in [0.1, 0.15) is 11.9 Å². The predicted molar refractivity (Wildman–Crippen MR) is 58.1 cm³/mol. The van der Waals surface area contributed by atoms with Gasteiger partial charge in [0.2, 0.25) is 0 Å². The van der Waals surface area contributed by atoms with Gasteiger partial charge in [0, 0.05) is 12.1 Å². The molecule has 6 heteroatoms. The summed E-state index contributed by atoms with van der Waals surface area (Å²) in [6, 6.07) is 5.79. The third kappa shape index (κ3) is 4.00. The number of benzene rings is 1. The van der Waals surface area contributed by atoms with Crippen molar-refractivity contribution in [2.75, 3.05) is 13.1 Å². The third-order valence-corrected chi connectivity index (χ3v) is 2.44. The van der Waals surface area contributed by atoms with Crippen LogP contribution in [-0.4, -0.2) is 24.2 Å². The van der Waals surface area contributed by atoms with E-state index in [0.29, 0.717) is 0 Å². The molecular weight excluding hydrogens is 248 g/mol. The number of hydrogen-bond donors (Lipinski definition) is 0. The fourth-order valence-corrected chi connectivity index (χ4v) is 1.56. The molecule has 98 valence electrons. The summed E-state index contributed by atoms with van der Waals surface area (Å²) < 4.78 is 50.4. The quantitative estimate of drug-likeness (QED) is 0.778. The van der Waals surface area contributed by atoms with Crippen molar-refractivity contribution in [3.05, 3.63) is 35.1 Å². The van der Waals surface area contributed by atoms with Gasteiger partial charge >= 0.3 is 6.18 Å². The second kappa shape index (κ2) is 5.83. The molecule has 18 heavy (non-hydrogen) atoms. The largest absolute Gasteiger partial charge is 0.401 e. The normalized spacial score (nSPS) is 11.6. The monoisotopic (exact) mass is 260 g/mol. The third-order valence-electron chi connectivity index (χ3n) is 2.44. The lowest BCUT2D eigenvalue weighted by atomic mass is 10.1. The van der Waals surface area contributed by atoms with Crippen molar-refractivity contribution in [3.8, 4) is 6.07 Å². The molecule has 1 aromatic rings. The summed E-state index contributed by atoms with van der Waals surface area (Å²) in [4.78, 5) is 1.07. The second-order valence-corrected chi connectivity index (χ2v) is 3.81. The van der Waals surface area contributed by atoms with Crippen molar-refractivity contribution < 1.29 is 17.6 Å². The average molecular weight is 260 g/mol. The lowest BCUT2D eigenvalue weighted by Gasteiger charge is -2.22. The van der Waals surface area contributed by atoms with Gasteiger partial charge in [-0.05, 0) is 12.6 Å². The lowest BCUT2D eigenvalue weighted by Crippen LogP contribution is -2.33. The van der Waals surface area contributed by atoms with Crippen molar-refractivity contribution in [2.45, 2.75) is 19.6 Å². The van der Waals surface area contributed by atoms with E-state index in [1.807, 2.05) is 0 Å². The van der Waals surface area contributed by atoms with Crippen molar-refractivity contribution in [1.82, 2.24) is 4.90 Å². The van der Waals surface area contributed by atoms with Crippen LogP contribution < -0.4 is 0 Å². The molecule has 0 radical (unpaired) electrons. The topological polar surface area (TPSA) is 27.0 Å². The van der Waals surface area contributed by atoms with Gasteiger partial charge in [-0.3, -0.25) is 4.90 Å². The smallest absolute Gasteiger partial charge is 0.291 e. The van der Waals surface area contributed by atoms with Crippen LogP contribution in [-0.2, 0) is 6.54 Å². The van der Waals surface area contributed by atoms with E-state index in [4.69, 9.17) is 5.26 Å². The Hall–Kier alpha value is -1.61. The Morgan fingerprint density at radius 2 is 2.00 bits per heavy atom. The van der Waals surface area contributed by atoms with Crippen molar-refractivity contribution in [3.63, 3.8) is 0 Å². The molecule has 0 aromatic heterocycles. The highest BCUT2D eigenvalue weighted by molar-refractivity contribution is 5.34. The lowest BCUT2D eigenvalue weighted by molar-refractivity contribution is -0.146. The Balaban J connectivity index is 2.86. The minimum atomic E-state index is -4.32. The number of halogens is 4. The van der Waals surface area contributed by atoms with Crippen molar-refractivity contribution in [1.29, 1.82) is 5.26 Å². The molecule has 0 aliphatic rings. The van der Waals surface area contributed by atoms with E-state index in [9.17, 15) is 17.6 Å². The minimum absolute atomic E-state index is 0.0974. The van der Waals surface area contributed by atoms with Gasteiger partial charge < -0.3 is 0 Å². The number of nitrogens with zero attached hydrogens (tertiary/aromatic N) is 2. The molecule has 0 unspecified atom stereocenters. The van der Waals surface area contributed by atoms with Gasteiger partial charge in [-0.15, -0.1) is 0 Å². The fourth-order valence-electron chi connectivity index (χ4n) is 1.56. The maximum absolute atomic E-state index is 13.7. The summed E-state index contributed by atoms with van der Waals surface area (Å²) in [6.07, 6.45) is -4.32. The first kappa shape index (κ1) is 14.5. The highest BCUT2D eigenvalue weighted by Gasteiger charge is 2.30.